The van der Waals surface area contributed by atoms with Crippen LogP contribution in [0.25, 0.3) is 11.0 Å². The summed E-state index contributed by atoms with van der Waals surface area (Å²) in [4.78, 5) is 10.7. The molecule has 0 spiro atoms. The molecule has 0 bridgehead atoms. The maximum absolute atomic E-state index is 10.7. The predicted octanol–water partition coefficient (Wildman–Crippen LogP) is 2.89. The van der Waals surface area contributed by atoms with Crippen LogP contribution in [-0.4, -0.2) is 11.1 Å². The lowest BCUT2D eigenvalue weighted by Crippen LogP contribution is -1.93. The van der Waals surface area contributed by atoms with Gasteiger partial charge in [0.25, 0.3) is 0 Å². The van der Waals surface area contributed by atoms with Crippen LogP contribution in [0.15, 0.2) is 33.4 Å². The maximum atomic E-state index is 10.7. The number of aromatic carboxylic acids is 1. The molecular formula is C9H5BrO3. The number of benzene rings is 1. The third-order valence-corrected chi connectivity index (χ3v) is 2.26. The second-order valence-electron chi connectivity index (χ2n) is 2.60. The molecule has 3 nitrogen and oxygen atoms in total. The molecule has 1 N–H and O–H groups in total. The van der Waals surface area contributed by atoms with Crippen LogP contribution >= 0.6 is 15.9 Å². The minimum absolute atomic E-state index is 0.191. The number of fused-ring (bicyclic) bond motifs is 1. The molecule has 2 aromatic rings. The van der Waals surface area contributed by atoms with E-state index >= 15 is 0 Å². The summed E-state index contributed by atoms with van der Waals surface area (Å²) in [5, 5.41) is 9.40. The van der Waals surface area contributed by atoms with Gasteiger partial charge in [0.2, 0.25) is 0 Å². The number of hydrogen-bond acceptors (Lipinski definition) is 2. The number of rotatable bonds is 1. The highest BCUT2D eigenvalue weighted by atomic mass is 79.9. The Morgan fingerprint density at radius 1 is 1.46 bits per heavy atom. The van der Waals surface area contributed by atoms with Crippen LogP contribution in [0, 0.1) is 0 Å². The van der Waals surface area contributed by atoms with Gasteiger partial charge in [0, 0.05) is 9.86 Å². The highest BCUT2D eigenvalue weighted by Gasteiger charge is 2.11. The van der Waals surface area contributed by atoms with E-state index in [1.165, 1.54) is 6.26 Å². The first-order valence-corrected chi connectivity index (χ1v) is 4.38. The Labute approximate surface area is 82.1 Å². The van der Waals surface area contributed by atoms with Crippen LogP contribution in [0.2, 0.25) is 0 Å². The Balaban J connectivity index is 2.79. The zero-order valence-electron chi connectivity index (χ0n) is 6.45. The van der Waals surface area contributed by atoms with E-state index in [2.05, 4.69) is 15.9 Å². The zero-order chi connectivity index (χ0) is 9.42. The van der Waals surface area contributed by atoms with E-state index in [9.17, 15) is 4.79 Å². The van der Waals surface area contributed by atoms with Gasteiger partial charge in [-0.15, -0.1) is 0 Å². The van der Waals surface area contributed by atoms with Gasteiger partial charge >= 0.3 is 5.97 Å². The van der Waals surface area contributed by atoms with Gasteiger partial charge in [-0.2, -0.15) is 0 Å². The summed E-state index contributed by atoms with van der Waals surface area (Å²) in [6, 6.07) is 5.26. The van der Waals surface area contributed by atoms with Gasteiger partial charge in [-0.05, 0) is 18.2 Å². The van der Waals surface area contributed by atoms with Crippen molar-refractivity contribution in [2.24, 2.45) is 0 Å². The third kappa shape index (κ3) is 1.33. The molecule has 4 heteroatoms. The van der Waals surface area contributed by atoms with Crippen molar-refractivity contribution in [3.8, 4) is 0 Å². The van der Waals surface area contributed by atoms with E-state index in [4.69, 9.17) is 9.52 Å². The molecule has 1 aromatic heterocycles. The third-order valence-electron chi connectivity index (χ3n) is 1.77. The fourth-order valence-electron chi connectivity index (χ4n) is 1.17. The van der Waals surface area contributed by atoms with Crippen LogP contribution in [0.3, 0.4) is 0 Å². The van der Waals surface area contributed by atoms with E-state index in [1.807, 2.05) is 0 Å². The minimum atomic E-state index is -0.975. The van der Waals surface area contributed by atoms with Gasteiger partial charge in [0.15, 0.2) is 0 Å². The first-order valence-electron chi connectivity index (χ1n) is 3.58. The highest BCUT2D eigenvalue weighted by Crippen LogP contribution is 2.24. The SMILES string of the molecule is O=C(O)c1coc2ccc(Br)cc12. The molecule has 0 saturated heterocycles. The molecule has 0 atom stereocenters. The number of carbonyl (C=O) groups is 1. The van der Waals surface area contributed by atoms with Crippen molar-refractivity contribution < 1.29 is 14.3 Å². The zero-order valence-corrected chi connectivity index (χ0v) is 8.04. The summed E-state index contributed by atoms with van der Waals surface area (Å²) in [7, 11) is 0. The lowest BCUT2D eigenvalue weighted by molar-refractivity contribution is 0.0698. The molecule has 0 aliphatic heterocycles. The summed E-state index contributed by atoms with van der Waals surface area (Å²) < 4.78 is 5.90. The van der Waals surface area contributed by atoms with Crippen LogP contribution in [-0.2, 0) is 0 Å². The van der Waals surface area contributed by atoms with Crippen LogP contribution in [0.4, 0.5) is 0 Å². The number of furan rings is 1. The van der Waals surface area contributed by atoms with E-state index in [1.54, 1.807) is 18.2 Å². The first-order chi connectivity index (χ1) is 6.18. The lowest BCUT2D eigenvalue weighted by atomic mass is 10.2. The summed E-state index contributed by atoms with van der Waals surface area (Å²) in [6.07, 6.45) is 1.25. The minimum Gasteiger partial charge on any atom is -0.478 e. The van der Waals surface area contributed by atoms with Crippen molar-refractivity contribution in [2.75, 3.05) is 0 Å². The maximum Gasteiger partial charge on any atom is 0.339 e. The number of carboxylic acids is 1. The molecule has 1 aromatic carbocycles. The topological polar surface area (TPSA) is 50.4 Å². The summed E-state index contributed by atoms with van der Waals surface area (Å²) >= 11 is 3.27. The van der Waals surface area contributed by atoms with Gasteiger partial charge in [-0.3, -0.25) is 0 Å². The van der Waals surface area contributed by atoms with Gasteiger partial charge in [-0.1, -0.05) is 15.9 Å². The molecule has 0 amide bonds. The number of hydrogen-bond donors (Lipinski definition) is 1. The molecular weight excluding hydrogens is 236 g/mol. The fourth-order valence-corrected chi connectivity index (χ4v) is 1.53. The largest absolute Gasteiger partial charge is 0.478 e. The van der Waals surface area contributed by atoms with Crippen molar-refractivity contribution >= 4 is 32.9 Å². The summed E-state index contributed by atoms with van der Waals surface area (Å²) in [5.41, 5.74) is 0.775. The molecule has 13 heavy (non-hydrogen) atoms. The van der Waals surface area contributed by atoms with Gasteiger partial charge in [0.1, 0.15) is 17.4 Å². The first kappa shape index (κ1) is 8.31. The van der Waals surface area contributed by atoms with Crippen molar-refractivity contribution in [3.05, 3.63) is 34.5 Å². The molecule has 0 aliphatic carbocycles. The molecule has 0 aliphatic rings. The fraction of sp³-hybridized carbons (Fsp3) is 0. The molecule has 0 radical (unpaired) electrons. The smallest absolute Gasteiger partial charge is 0.339 e. The average molecular weight is 241 g/mol. The van der Waals surface area contributed by atoms with Gasteiger partial charge in [0.05, 0.1) is 0 Å². The Bertz CT molecular complexity index is 473. The number of carboxylic acid groups (broad SMARTS) is 1. The van der Waals surface area contributed by atoms with E-state index in [0.29, 0.717) is 11.0 Å². The molecule has 0 fully saturated rings. The Morgan fingerprint density at radius 2 is 2.23 bits per heavy atom. The van der Waals surface area contributed by atoms with Crippen LogP contribution in [0.1, 0.15) is 10.4 Å². The Morgan fingerprint density at radius 3 is 2.92 bits per heavy atom. The monoisotopic (exact) mass is 240 g/mol. The van der Waals surface area contributed by atoms with Crippen molar-refractivity contribution in [1.29, 1.82) is 0 Å². The summed E-state index contributed by atoms with van der Waals surface area (Å²) in [5.74, 6) is -0.975. The Hall–Kier alpha value is -1.29. The summed E-state index contributed by atoms with van der Waals surface area (Å²) in [6.45, 7) is 0. The van der Waals surface area contributed by atoms with E-state index in [-0.39, 0.29) is 5.56 Å². The van der Waals surface area contributed by atoms with Crippen molar-refractivity contribution in [3.63, 3.8) is 0 Å². The lowest BCUT2D eigenvalue weighted by Gasteiger charge is -1.91. The molecule has 0 unspecified atom stereocenters. The molecule has 66 valence electrons. The molecule has 0 saturated carbocycles. The van der Waals surface area contributed by atoms with Crippen LogP contribution < -0.4 is 0 Å². The quantitative estimate of drug-likeness (QED) is 0.834. The number of halogens is 1. The second kappa shape index (κ2) is 2.88. The highest BCUT2D eigenvalue weighted by molar-refractivity contribution is 9.10. The van der Waals surface area contributed by atoms with Gasteiger partial charge in [-0.25, -0.2) is 4.79 Å². The van der Waals surface area contributed by atoms with E-state index in [0.717, 1.165) is 4.47 Å². The Kier molecular flexibility index (Phi) is 1.84. The second-order valence-corrected chi connectivity index (χ2v) is 3.51. The van der Waals surface area contributed by atoms with E-state index < -0.39 is 5.97 Å². The predicted molar refractivity (Wildman–Crippen MR) is 50.9 cm³/mol. The molecule has 2 rings (SSSR count). The van der Waals surface area contributed by atoms with Gasteiger partial charge < -0.3 is 9.52 Å². The van der Waals surface area contributed by atoms with Crippen molar-refractivity contribution in [2.45, 2.75) is 0 Å². The van der Waals surface area contributed by atoms with Crippen LogP contribution in [0.5, 0.6) is 0 Å². The average Bonchev–Trinajstić information content (AvgIpc) is 2.46. The normalized spacial score (nSPS) is 10.5. The molecule has 1 heterocycles. The standard InChI is InChI=1S/C9H5BrO3/c10-5-1-2-8-6(3-5)7(4-13-8)9(11)12/h1-4H,(H,11,12). The van der Waals surface area contributed by atoms with Crippen molar-refractivity contribution in [1.82, 2.24) is 0 Å².